The van der Waals surface area contributed by atoms with Crippen LogP contribution in [0.15, 0.2) is 6.20 Å². The SMILES string of the molecule is Cc1cnc(C(C)NC(=O)C2CCCNC2)s1. The molecular formula is C12H19N3OS. The lowest BCUT2D eigenvalue weighted by Gasteiger charge is -2.23. The molecule has 2 N–H and O–H groups in total. The van der Waals surface area contributed by atoms with E-state index in [-0.39, 0.29) is 17.9 Å². The molecule has 1 aliphatic heterocycles. The predicted octanol–water partition coefficient (Wildman–Crippen LogP) is 1.63. The number of hydrogen-bond donors (Lipinski definition) is 2. The maximum absolute atomic E-state index is 12.0. The van der Waals surface area contributed by atoms with Crippen LogP contribution in [-0.4, -0.2) is 24.0 Å². The lowest BCUT2D eigenvalue weighted by atomic mass is 9.98. The summed E-state index contributed by atoms with van der Waals surface area (Å²) >= 11 is 1.64. The molecule has 1 saturated heterocycles. The van der Waals surface area contributed by atoms with Crippen LogP contribution in [0.5, 0.6) is 0 Å². The molecule has 1 aromatic heterocycles. The highest BCUT2D eigenvalue weighted by Crippen LogP contribution is 2.20. The molecule has 4 nitrogen and oxygen atoms in total. The zero-order valence-corrected chi connectivity index (χ0v) is 11.1. The monoisotopic (exact) mass is 253 g/mol. The summed E-state index contributed by atoms with van der Waals surface area (Å²) in [6.45, 7) is 5.85. The number of nitrogens with one attached hydrogen (secondary N) is 2. The van der Waals surface area contributed by atoms with E-state index in [9.17, 15) is 4.79 Å². The molecule has 0 radical (unpaired) electrons. The number of thiazole rings is 1. The zero-order valence-electron chi connectivity index (χ0n) is 10.3. The summed E-state index contributed by atoms with van der Waals surface area (Å²) in [5.74, 6) is 0.268. The first-order valence-electron chi connectivity index (χ1n) is 6.10. The fraction of sp³-hybridized carbons (Fsp3) is 0.667. The molecule has 2 unspecified atom stereocenters. The number of carbonyl (C=O) groups excluding carboxylic acids is 1. The van der Waals surface area contributed by atoms with Gasteiger partial charge in [-0.15, -0.1) is 11.3 Å². The number of piperidine rings is 1. The van der Waals surface area contributed by atoms with E-state index < -0.39 is 0 Å². The van der Waals surface area contributed by atoms with Crippen LogP contribution in [0.1, 0.15) is 35.7 Å². The predicted molar refractivity (Wildman–Crippen MR) is 69.0 cm³/mol. The summed E-state index contributed by atoms with van der Waals surface area (Å²) in [5.41, 5.74) is 0. The lowest BCUT2D eigenvalue weighted by molar-refractivity contribution is -0.126. The first kappa shape index (κ1) is 12.5. The van der Waals surface area contributed by atoms with Gasteiger partial charge < -0.3 is 10.6 Å². The van der Waals surface area contributed by atoms with Crippen molar-refractivity contribution < 1.29 is 4.79 Å². The summed E-state index contributed by atoms with van der Waals surface area (Å²) in [6, 6.07) is 0.0168. The first-order chi connectivity index (χ1) is 8.16. The van der Waals surface area contributed by atoms with Crippen LogP contribution >= 0.6 is 11.3 Å². The van der Waals surface area contributed by atoms with Gasteiger partial charge in [-0.1, -0.05) is 0 Å². The van der Waals surface area contributed by atoms with Crippen LogP contribution < -0.4 is 10.6 Å². The van der Waals surface area contributed by atoms with E-state index in [0.717, 1.165) is 30.9 Å². The Bertz CT molecular complexity index is 385. The number of carbonyl (C=O) groups is 1. The Morgan fingerprint density at radius 2 is 2.53 bits per heavy atom. The van der Waals surface area contributed by atoms with Gasteiger partial charge in [0.2, 0.25) is 5.91 Å². The van der Waals surface area contributed by atoms with Crippen molar-refractivity contribution in [2.75, 3.05) is 13.1 Å². The largest absolute Gasteiger partial charge is 0.347 e. The van der Waals surface area contributed by atoms with E-state index in [2.05, 4.69) is 15.6 Å². The molecule has 0 aromatic carbocycles. The van der Waals surface area contributed by atoms with E-state index in [4.69, 9.17) is 0 Å². The van der Waals surface area contributed by atoms with Gasteiger partial charge in [0.1, 0.15) is 5.01 Å². The van der Waals surface area contributed by atoms with Crippen LogP contribution in [0.25, 0.3) is 0 Å². The minimum atomic E-state index is 0.0168. The van der Waals surface area contributed by atoms with E-state index in [1.54, 1.807) is 11.3 Å². The normalized spacial score (nSPS) is 22.1. The van der Waals surface area contributed by atoms with Gasteiger partial charge in [0.15, 0.2) is 0 Å². The van der Waals surface area contributed by atoms with Crippen LogP contribution in [-0.2, 0) is 4.79 Å². The second-order valence-corrected chi connectivity index (χ2v) is 5.85. The highest BCUT2D eigenvalue weighted by Gasteiger charge is 2.23. The van der Waals surface area contributed by atoms with Gasteiger partial charge in [0.25, 0.3) is 0 Å². The summed E-state index contributed by atoms with van der Waals surface area (Å²) in [5, 5.41) is 7.29. The van der Waals surface area contributed by atoms with Gasteiger partial charge in [-0.3, -0.25) is 4.79 Å². The topological polar surface area (TPSA) is 54.0 Å². The maximum atomic E-state index is 12.0. The quantitative estimate of drug-likeness (QED) is 0.861. The molecule has 5 heteroatoms. The van der Waals surface area contributed by atoms with E-state index in [0.29, 0.717) is 0 Å². The van der Waals surface area contributed by atoms with E-state index >= 15 is 0 Å². The van der Waals surface area contributed by atoms with Crippen molar-refractivity contribution in [1.29, 1.82) is 0 Å². The summed E-state index contributed by atoms with van der Waals surface area (Å²) in [7, 11) is 0. The summed E-state index contributed by atoms with van der Waals surface area (Å²) < 4.78 is 0. The average molecular weight is 253 g/mol. The molecule has 1 aromatic rings. The van der Waals surface area contributed by atoms with Crippen molar-refractivity contribution in [2.45, 2.75) is 32.7 Å². The van der Waals surface area contributed by atoms with Crippen LogP contribution in [0, 0.1) is 12.8 Å². The molecule has 0 bridgehead atoms. The van der Waals surface area contributed by atoms with Crippen LogP contribution in [0.2, 0.25) is 0 Å². The fourth-order valence-corrected chi connectivity index (χ4v) is 2.82. The lowest BCUT2D eigenvalue weighted by Crippen LogP contribution is -2.41. The van der Waals surface area contributed by atoms with Crippen molar-refractivity contribution in [3.8, 4) is 0 Å². The highest BCUT2D eigenvalue weighted by atomic mass is 32.1. The Labute approximate surface area is 106 Å². The Hall–Kier alpha value is -0.940. The van der Waals surface area contributed by atoms with Gasteiger partial charge in [-0.25, -0.2) is 4.98 Å². The molecule has 2 atom stereocenters. The third-order valence-corrected chi connectivity index (χ3v) is 4.13. The van der Waals surface area contributed by atoms with Gasteiger partial charge in [0, 0.05) is 17.6 Å². The Morgan fingerprint density at radius 1 is 1.71 bits per heavy atom. The second kappa shape index (κ2) is 5.60. The van der Waals surface area contributed by atoms with Crippen molar-refractivity contribution >= 4 is 17.2 Å². The van der Waals surface area contributed by atoms with Crippen molar-refractivity contribution in [3.63, 3.8) is 0 Å². The van der Waals surface area contributed by atoms with Gasteiger partial charge in [-0.2, -0.15) is 0 Å². The van der Waals surface area contributed by atoms with Gasteiger partial charge >= 0.3 is 0 Å². The highest BCUT2D eigenvalue weighted by molar-refractivity contribution is 7.11. The molecule has 17 heavy (non-hydrogen) atoms. The number of aromatic nitrogens is 1. The number of aryl methyl sites for hydroxylation is 1. The standard InChI is InChI=1S/C12H19N3OS/c1-8-6-14-12(17-8)9(2)15-11(16)10-4-3-5-13-7-10/h6,9-10,13H,3-5,7H2,1-2H3,(H,15,16). The van der Waals surface area contributed by atoms with Gasteiger partial charge in [0.05, 0.1) is 12.0 Å². The minimum Gasteiger partial charge on any atom is -0.347 e. The van der Waals surface area contributed by atoms with Crippen molar-refractivity contribution in [3.05, 3.63) is 16.1 Å². The number of amides is 1. The number of rotatable bonds is 3. The third kappa shape index (κ3) is 3.26. The molecule has 2 heterocycles. The smallest absolute Gasteiger partial charge is 0.224 e. The van der Waals surface area contributed by atoms with E-state index in [1.165, 1.54) is 4.88 Å². The van der Waals surface area contributed by atoms with Gasteiger partial charge in [-0.05, 0) is 33.2 Å². The first-order valence-corrected chi connectivity index (χ1v) is 6.92. The molecular weight excluding hydrogens is 234 g/mol. The van der Waals surface area contributed by atoms with Crippen LogP contribution in [0.4, 0.5) is 0 Å². The molecule has 1 amide bonds. The number of hydrogen-bond acceptors (Lipinski definition) is 4. The summed E-state index contributed by atoms with van der Waals surface area (Å²) in [6.07, 6.45) is 3.93. The van der Waals surface area contributed by atoms with Crippen molar-refractivity contribution in [2.24, 2.45) is 5.92 Å². The Balaban J connectivity index is 1.89. The maximum Gasteiger partial charge on any atom is 0.224 e. The van der Waals surface area contributed by atoms with Crippen molar-refractivity contribution in [1.82, 2.24) is 15.6 Å². The summed E-state index contributed by atoms with van der Waals surface area (Å²) in [4.78, 5) is 17.5. The second-order valence-electron chi connectivity index (χ2n) is 4.58. The van der Waals surface area contributed by atoms with Crippen LogP contribution in [0.3, 0.4) is 0 Å². The number of nitrogens with zero attached hydrogens (tertiary/aromatic N) is 1. The Morgan fingerprint density at radius 3 is 3.12 bits per heavy atom. The minimum absolute atomic E-state index is 0.0168. The molecule has 0 spiro atoms. The molecule has 2 rings (SSSR count). The van der Waals surface area contributed by atoms with E-state index in [1.807, 2.05) is 20.0 Å². The third-order valence-electron chi connectivity index (χ3n) is 3.04. The zero-order chi connectivity index (χ0) is 12.3. The molecule has 0 aliphatic carbocycles. The molecule has 0 saturated carbocycles. The fourth-order valence-electron chi connectivity index (χ4n) is 2.04. The molecule has 1 fully saturated rings. The Kier molecular flexibility index (Phi) is 4.12. The molecule has 1 aliphatic rings. The average Bonchev–Trinajstić information content (AvgIpc) is 2.77. The molecule has 94 valence electrons.